The van der Waals surface area contributed by atoms with Gasteiger partial charge in [-0.05, 0) is 12.1 Å². The molecule has 1 aliphatic heterocycles. The highest BCUT2D eigenvalue weighted by Gasteiger charge is 2.25. The molecule has 5 heteroatoms. The van der Waals surface area contributed by atoms with Crippen LogP contribution in [0.15, 0.2) is 30.3 Å². The molecule has 0 bridgehead atoms. The summed E-state index contributed by atoms with van der Waals surface area (Å²) >= 11 is 0. The van der Waals surface area contributed by atoms with Gasteiger partial charge >= 0.3 is 5.97 Å². The van der Waals surface area contributed by atoms with Crippen molar-refractivity contribution in [1.82, 2.24) is 5.32 Å². The van der Waals surface area contributed by atoms with Crippen LogP contribution in [0.4, 0.5) is 5.69 Å². The number of para-hydroxylation sites is 1. The van der Waals surface area contributed by atoms with Gasteiger partial charge in [-0.2, -0.15) is 0 Å². The number of methoxy groups -OCH3 is 1. The van der Waals surface area contributed by atoms with Gasteiger partial charge in [0, 0.05) is 25.3 Å². The summed E-state index contributed by atoms with van der Waals surface area (Å²) in [5, 5.41) is 3.15. The molecule has 0 amide bonds. The van der Waals surface area contributed by atoms with Gasteiger partial charge in [0.15, 0.2) is 0 Å². The van der Waals surface area contributed by atoms with Crippen LogP contribution in [-0.4, -0.2) is 38.8 Å². The molecule has 0 unspecified atom stereocenters. The van der Waals surface area contributed by atoms with Crippen LogP contribution in [0.1, 0.15) is 0 Å². The first-order valence-electron chi connectivity index (χ1n) is 5.42. The molecule has 1 heterocycles. The molecule has 1 N–H and O–H groups in total. The van der Waals surface area contributed by atoms with Gasteiger partial charge in [-0.3, -0.25) is 4.79 Å². The van der Waals surface area contributed by atoms with Crippen molar-refractivity contribution in [2.45, 2.75) is 6.04 Å². The maximum Gasteiger partial charge on any atom is 0.324 e. The van der Waals surface area contributed by atoms with Crippen LogP contribution in [0.2, 0.25) is 0 Å². The van der Waals surface area contributed by atoms with Crippen LogP contribution >= 0.6 is 12.4 Å². The molecule has 17 heavy (non-hydrogen) atoms. The van der Waals surface area contributed by atoms with Crippen LogP contribution in [0.3, 0.4) is 0 Å². The number of ether oxygens (including phenoxy) is 1. The first-order valence-corrected chi connectivity index (χ1v) is 5.42. The molecule has 1 aromatic carbocycles. The first kappa shape index (κ1) is 13.8. The van der Waals surface area contributed by atoms with E-state index in [0.717, 1.165) is 18.8 Å². The fourth-order valence-electron chi connectivity index (χ4n) is 1.92. The van der Waals surface area contributed by atoms with Gasteiger partial charge in [-0.25, -0.2) is 0 Å². The summed E-state index contributed by atoms with van der Waals surface area (Å²) in [6.45, 7) is 2.38. The topological polar surface area (TPSA) is 41.6 Å². The molecule has 1 aromatic rings. The Labute approximate surface area is 107 Å². The van der Waals surface area contributed by atoms with Crippen LogP contribution in [0, 0.1) is 0 Å². The SMILES string of the molecule is COC(=O)[C@H]1CN(c2ccccc2)CCN1.Cl. The molecule has 0 aliphatic carbocycles. The predicted molar refractivity (Wildman–Crippen MR) is 69.7 cm³/mol. The second-order valence-corrected chi connectivity index (χ2v) is 3.81. The summed E-state index contributed by atoms with van der Waals surface area (Å²) in [7, 11) is 1.42. The fraction of sp³-hybridized carbons (Fsp3) is 0.417. The molecular formula is C12H17ClN2O2. The first-order chi connectivity index (χ1) is 7.81. The number of halogens is 1. The number of hydrogen-bond donors (Lipinski definition) is 1. The third-order valence-electron chi connectivity index (χ3n) is 2.78. The van der Waals surface area contributed by atoms with Crippen LogP contribution in [-0.2, 0) is 9.53 Å². The zero-order valence-electron chi connectivity index (χ0n) is 9.76. The highest BCUT2D eigenvalue weighted by molar-refractivity contribution is 5.85. The highest BCUT2D eigenvalue weighted by atomic mass is 35.5. The minimum absolute atomic E-state index is 0. The minimum atomic E-state index is -0.223. The monoisotopic (exact) mass is 256 g/mol. The lowest BCUT2D eigenvalue weighted by atomic mass is 10.2. The Hall–Kier alpha value is -1.26. The van der Waals surface area contributed by atoms with E-state index in [1.165, 1.54) is 7.11 Å². The van der Waals surface area contributed by atoms with Gasteiger partial charge in [-0.1, -0.05) is 18.2 Å². The number of anilines is 1. The van der Waals surface area contributed by atoms with E-state index in [4.69, 9.17) is 4.74 Å². The number of carbonyl (C=O) groups is 1. The summed E-state index contributed by atoms with van der Waals surface area (Å²) in [4.78, 5) is 13.6. The Morgan fingerprint density at radius 1 is 1.41 bits per heavy atom. The Morgan fingerprint density at radius 2 is 2.12 bits per heavy atom. The van der Waals surface area contributed by atoms with Crippen molar-refractivity contribution in [1.29, 1.82) is 0 Å². The Morgan fingerprint density at radius 3 is 2.76 bits per heavy atom. The largest absolute Gasteiger partial charge is 0.468 e. The third kappa shape index (κ3) is 3.35. The lowest BCUT2D eigenvalue weighted by Gasteiger charge is -2.33. The molecule has 1 fully saturated rings. The summed E-state index contributed by atoms with van der Waals surface area (Å²) in [6, 6.07) is 9.89. The van der Waals surface area contributed by atoms with Gasteiger partial charge in [0.25, 0.3) is 0 Å². The smallest absolute Gasteiger partial charge is 0.324 e. The van der Waals surface area contributed by atoms with E-state index in [2.05, 4.69) is 22.3 Å². The van der Waals surface area contributed by atoms with Gasteiger partial charge in [0.1, 0.15) is 6.04 Å². The minimum Gasteiger partial charge on any atom is -0.468 e. The average Bonchev–Trinajstić information content (AvgIpc) is 2.39. The lowest BCUT2D eigenvalue weighted by molar-refractivity contribution is -0.143. The van der Waals surface area contributed by atoms with E-state index in [9.17, 15) is 4.79 Å². The van der Waals surface area contributed by atoms with E-state index in [1.54, 1.807) is 0 Å². The molecule has 2 rings (SSSR count). The van der Waals surface area contributed by atoms with Crippen molar-refractivity contribution in [3.63, 3.8) is 0 Å². The molecule has 1 atom stereocenters. The van der Waals surface area contributed by atoms with Crippen molar-refractivity contribution in [2.24, 2.45) is 0 Å². The molecular weight excluding hydrogens is 240 g/mol. The van der Waals surface area contributed by atoms with E-state index in [-0.39, 0.29) is 24.4 Å². The molecule has 1 saturated heterocycles. The van der Waals surface area contributed by atoms with Gasteiger partial charge in [0.2, 0.25) is 0 Å². The van der Waals surface area contributed by atoms with Crippen LogP contribution < -0.4 is 10.2 Å². The maximum atomic E-state index is 11.4. The van der Waals surface area contributed by atoms with Gasteiger partial charge in [0.05, 0.1) is 7.11 Å². The molecule has 4 nitrogen and oxygen atoms in total. The zero-order valence-corrected chi connectivity index (χ0v) is 10.6. The van der Waals surface area contributed by atoms with Crippen molar-refractivity contribution < 1.29 is 9.53 Å². The second kappa shape index (κ2) is 6.47. The maximum absolute atomic E-state index is 11.4. The number of nitrogens with zero attached hydrogens (tertiary/aromatic N) is 1. The number of nitrogens with one attached hydrogen (secondary N) is 1. The van der Waals surface area contributed by atoms with Crippen LogP contribution in [0.5, 0.6) is 0 Å². The fourth-order valence-corrected chi connectivity index (χ4v) is 1.92. The lowest BCUT2D eigenvalue weighted by Crippen LogP contribution is -2.54. The van der Waals surface area contributed by atoms with Gasteiger partial charge in [-0.15, -0.1) is 12.4 Å². The summed E-state index contributed by atoms with van der Waals surface area (Å²) in [5.41, 5.74) is 1.15. The molecule has 1 aliphatic rings. The predicted octanol–water partition coefficient (Wildman–Crippen LogP) is 1.06. The second-order valence-electron chi connectivity index (χ2n) is 3.81. The Kier molecular flexibility index (Phi) is 5.25. The van der Waals surface area contributed by atoms with E-state index >= 15 is 0 Å². The molecule has 94 valence electrons. The standard InChI is InChI=1S/C12H16N2O2.ClH/c1-16-12(15)11-9-14(8-7-13-11)10-5-3-2-4-6-10;/h2-6,11,13H,7-9H2,1H3;1H/t11-;/m1./s1. The van der Waals surface area contributed by atoms with Crippen molar-refractivity contribution in [3.8, 4) is 0 Å². The number of piperazine rings is 1. The quantitative estimate of drug-likeness (QED) is 0.804. The van der Waals surface area contributed by atoms with E-state index in [0.29, 0.717) is 6.54 Å². The van der Waals surface area contributed by atoms with E-state index < -0.39 is 0 Å². The number of carbonyl (C=O) groups excluding carboxylic acids is 1. The third-order valence-corrected chi connectivity index (χ3v) is 2.78. The van der Waals surface area contributed by atoms with Gasteiger partial charge < -0.3 is 15.0 Å². The summed E-state index contributed by atoms with van der Waals surface area (Å²) in [6.07, 6.45) is 0. The number of esters is 1. The van der Waals surface area contributed by atoms with Crippen molar-refractivity contribution in [3.05, 3.63) is 30.3 Å². The van der Waals surface area contributed by atoms with E-state index in [1.807, 2.05) is 18.2 Å². The molecule has 0 saturated carbocycles. The molecule has 0 radical (unpaired) electrons. The normalized spacial score (nSPS) is 19.4. The molecule has 0 aromatic heterocycles. The molecule has 0 spiro atoms. The Balaban J connectivity index is 0.00000144. The van der Waals surface area contributed by atoms with Crippen LogP contribution in [0.25, 0.3) is 0 Å². The zero-order chi connectivity index (χ0) is 11.4. The van der Waals surface area contributed by atoms with Crippen molar-refractivity contribution >= 4 is 24.1 Å². The number of hydrogen-bond acceptors (Lipinski definition) is 4. The number of benzene rings is 1. The van der Waals surface area contributed by atoms with Crippen molar-refractivity contribution in [2.75, 3.05) is 31.6 Å². The summed E-state index contributed by atoms with van der Waals surface area (Å²) < 4.78 is 4.75. The number of rotatable bonds is 2. The Bertz CT molecular complexity index is 359. The average molecular weight is 257 g/mol. The summed E-state index contributed by atoms with van der Waals surface area (Å²) in [5.74, 6) is -0.194. The highest BCUT2D eigenvalue weighted by Crippen LogP contribution is 2.15.